The van der Waals surface area contributed by atoms with Crippen LogP contribution in [0.4, 0.5) is 5.69 Å². The predicted molar refractivity (Wildman–Crippen MR) is 69.2 cm³/mol. The van der Waals surface area contributed by atoms with Gasteiger partial charge in [0.05, 0.1) is 0 Å². The average molecular weight is 278 g/mol. The fraction of sp³-hybridized carbons (Fsp3) is 0.154. The number of pyridine rings is 1. The number of halogens is 1. The Hall–Kier alpha value is -1.35. The Kier molecular flexibility index (Phi) is 3.57. The molecule has 0 saturated carbocycles. The first-order chi connectivity index (χ1) is 7.75. The second-order valence-corrected chi connectivity index (χ2v) is 4.62. The molecule has 2 N–H and O–H groups in total. The molecule has 82 valence electrons. The molecule has 1 aromatic heterocycles. The highest BCUT2D eigenvalue weighted by atomic mass is 79.9. The molecule has 2 nitrogen and oxygen atoms in total. The van der Waals surface area contributed by atoms with Gasteiger partial charge in [-0.3, -0.25) is 0 Å². The molecule has 0 unspecified atom stereocenters. The third kappa shape index (κ3) is 2.83. The maximum Gasteiger partial charge on any atom is 0.198 e. The lowest BCUT2D eigenvalue weighted by molar-refractivity contribution is -0.389. The molecule has 0 spiro atoms. The van der Waals surface area contributed by atoms with Crippen molar-refractivity contribution in [3.05, 3.63) is 58.3 Å². The van der Waals surface area contributed by atoms with E-state index in [1.165, 1.54) is 16.9 Å². The van der Waals surface area contributed by atoms with Crippen LogP contribution in [0.15, 0.2) is 47.1 Å². The van der Waals surface area contributed by atoms with Crippen molar-refractivity contribution in [3.8, 4) is 0 Å². The summed E-state index contributed by atoms with van der Waals surface area (Å²) in [6.07, 6.45) is 1.94. The van der Waals surface area contributed by atoms with Gasteiger partial charge in [0, 0.05) is 22.3 Å². The monoisotopic (exact) mass is 277 g/mol. The van der Waals surface area contributed by atoms with E-state index in [0.29, 0.717) is 0 Å². The summed E-state index contributed by atoms with van der Waals surface area (Å²) in [4.78, 5) is 3.20. The maximum absolute atomic E-state index is 3.46. The van der Waals surface area contributed by atoms with Crippen LogP contribution in [0, 0.1) is 6.92 Å². The zero-order valence-electron chi connectivity index (χ0n) is 9.13. The van der Waals surface area contributed by atoms with Crippen molar-refractivity contribution in [1.82, 2.24) is 0 Å². The van der Waals surface area contributed by atoms with Gasteiger partial charge in [0.2, 0.25) is 0 Å². The van der Waals surface area contributed by atoms with E-state index in [0.717, 1.165) is 11.0 Å². The summed E-state index contributed by atoms with van der Waals surface area (Å²) in [6, 6.07) is 12.3. The van der Waals surface area contributed by atoms with Gasteiger partial charge in [-0.05, 0) is 30.7 Å². The number of aromatic amines is 1. The van der Waals surface area contributed by atoms with E-state index in [4.69, 9.17) is 0 Å². The van der Waals surface area contributed by atoms with E-state index in [1.807, 2.05) is 24.4 Å². The van der Waals surface area contributed by atoms with Gasteiger partial charge in [0.1, 0.15) is 6.54 Å². The number of anilines is 1. The van der Waals surface area contributed by atoms with E-state index < -0.39 is 0 Å². The molecule has 0 aliphatic rings. The molecule has 0 amide bonds. The highest BCUT2D eigenvalue weighted by Gasteiger charge is 2.01. The Morgan fingerprint density at radius 3 is 2.81 bits per heavy atom. The van der Waals surface area contributed by atoms with Crippen LogP contribution in [0.25, 0.3) is 0 Å². The van der Waals surface area contributed by atoms with E-state index >= 15 is 0 Å². The average Bonchev–Trinajstić information content (AvgIpc) is 2.29. The van der Waals surface area contributed by atoms with Gasteiger partial charge in [0.25, 0.3) is 0 Å². The summed E-state index contributed by atoms with van der Waals surface area (Å²) in [6.45, 7) is 2.91. The SMILES string of the molecule is Cc1cc(Br)ccc1NCc1cccc[nH+]1. The summed E-state index contributed by atoms with van der Waals surface area (Å²) in [5, 5.41) is 3.40. The molecule has 0 fully saturated rings. The van der Waals surface area contributed by atoms with Crippen molar-refractivity contribution in [2.24, 2.45) is 0 Å². The van der Waals surface area contributed by atoms with Gasteiger partial charge < -0.3 is 5.32 Å². The first-order valence-electron chi connectivity index (χ1n) is 5.21. The minimum Gasteiger partial charge on any atom is -0.375 e. The van der Waals surface area contributed by atoms with E-state index in [-0.39, 0.29) is 0 Å². The third-order valence-electron chi connectivity index (χ3n) is 2.43. The van der Waals surface area contributed by atoms with Gasteiger partial charge in [-0.1, -0.05) is 22.0 Å². The number of rotatable bonds is 3. The molecule has 0 bridgehead atoms. The normalized spacial score (nSPS) is 10.1. The zero-order valence-corrected chi connectivity index (χ0v) is 10.7. The van der Waals surface area contributed by atoms with E-state index in [2.05, 4.69) is 51.4 Å². The van der Waals surface area contributed by atoms with E-state index in [9.17, 15) is 0 Å². The van der Waals surface area contributed by atoms with Crippen molar-refractivity contribution in [1.29, 1.82) is 0 Å². The fourth-order valence-electron chi connectivity index (χ4n) is 1.56. The highest BCUT2D eigenvalue weighted by Crippen LogP contribution is 2.20. The summed E-state index contributed by atoms with van der Waals surface area (Å²) in [7, 11) is 0. The Morgan fingerprint density at radius 1 is 1.25 bits per heavy atom. The first-order valence-corrected chi connectivity index (χ1v) is 6.00. The van der Waals surface area contributed by atoms with Crippen LogP contribution < -0.4 is 10.3 Å². The Labute approximate surface area is 104 Å². The molecular weight excluding hydrogens is 264 g/mol. The van der Waals surface area contributed by atoms with Crippen molar-refractivity contribution >= 4 is 21.6 Å². The molecule has 2 aromatic rings. The second-order valence-electron chi connectivity index (χ2n) is 3.70. The summed E-state index contributed by atoms with van der Waals surface area (Å²) in [5.41, 5.74) is 3.58. The number of nitrogens with one attached hydrogen (secondary N) is 2. The van der Waals surface area contributed by atoms with Gasteiger partial charge in [-0.2, -0.15) is 0 Å². The maximum atomic E-state index is 3.46. The molecule has 0 aliphatic carbocycles. The van der Waals surface area contributed by atoms with Crippen LogP contribution in [-0.4, -0.2) is 0 Å². The smallest absolute Gasteiger partial charge is 0.198 e. The molecule has 0 aliphatic heterocycles. The number of hydrogen-bond acceptors (Lipinski definition) is 1. The largest absolute Gasteiger partial charge is 0.375 e. The van der Waals surface area contributed by atoms with E-state index in [1.54, 1.807) is 0 Å². The molecule has 16 heavy (non-hydrogen) atoms. The highest BCUT2D eigenvalue weighted by molar-refractivity contribution is 9.10. The molecule has 1 heterocycles. The third-order valence-corrected chi connectivity index (χ3v) is 2.92. The summed E-state index contributed by atoms with van der Waals surface area (Å²) >= 11 is 3.46. The van der Waals surface area contributed by atoms with Crippen molar-refractivity contribution in [2.45, 2.75) is 13.5 Å². The van der Waals surface area contributed by atoms with Crippen LogP contribution >= 0.6 is 15.9 Å². The minimum absolute atomic E-state index is 0.809. The van der Waals surface area contributed by atoms with Gasteiger partial charge >= 0.3 is 0 Å². The Morgan fingerprint density at radius 2 is 2.12 bits per heavy atom. The van der Waals surface area contributed by atoms with Crippen molar-refractivity contribution in [3.63, 3.8) is 0 Å². The van der Waals surface area contributed by atoms with Crippen LogP contribution in [0.5, 0.6) is 0 Å². The topological polar surface area (TPSA) is 26.2 Å². The fourth-order valence-corrected chi connectivity index (χ4v) is 2.03. The van der Waals surface area contributed by atoms with Crippen LogP contribution in [-0.2, 0) is 6.54 Å². The molecule has 2 rings (SSSR count). The first kappa shape index (κ1) is 11.1. The number of benzene rings is 1. The summed E-state index contributed by atoms with van der Waals surface area (Å²) in [5.74, 6) is 0. The molecular formula is C13H14BrN2+. The minimum atomic E-state index is 0.809. The standard InChI is InChI=1S/C13H13BrN2/c1-10-8-11(14)5-6-13(10)16-9-12-4-2-3-7-15-12/h2-8,16H,9H2,1H3/p+1. The molecule has 0 saturated heterocycles. The lowest BCUT2D eigenvalue weighted by atomic mass is 10.2. The van der Waals surface area contributed by atoms with Crippen molar-refractivity contribution in [2.75, 3.05) is 5.32 Å². The van der Waals surface area contributed by atoms with Crippen LogP contribution in [0.3, 0.4) is 0 Å². The molecule has 0 radical (unpaired) electrons. The van der Waals surface area contributed by atoms with Crippen LogP contribution in [0.1, 0.15) is 11.3 Å². The molecule has 3 heteroatoms. The quantitative estimate of drug-likeness (QED) is 0.916. The number of aromatic nitrogens is 1. The number of hydrogen-bond donors (Lipinski definition) is 1. The Bertz CT molecular complexity index is 469. The van der Waals surface area contributed by atoms with Crippen molar-refractivity contribution < 1.29 is 4.98 Å². The zero-order chi connectivity index (χ0) is 11.4. The summed E-state index contributed by atoms with van der Waals surface area (Å²) < 4.78 is 1.11. The number of aryl methyl sites for hydroxylation is 1. The lowest BCUT2D eigenvalue weighted by Gasteiger charge is -2.07. The second kappa shape index (κ2) is 5.12. The Balaban J connectivity index is 2.05. The predicted octanol–water partition coefficient (Wildman–Crippen LogP) is 3.18. The van der Waals surface area contributed by atoms with Crippen LogP contribution in [0.2, 0.25) is 0 Å². The van der Waals surface area contributed by atoms with Gasteiger partial charge in [-0.25, -0.2) is 4.98 Å². The molecule has 0 atom stereocenters. The molecule has 1 aromatic carbocycles. The van der Waals surface area contributed by atoms with Gasteiger partial charge in [0.15, 0.2) is 11.9 Å². The van der Waals surface area contributed by atoms with Gasteiger partial charge in [-0.15, -0.1) is 0 Å². The number of H-pyrrole nitrogens is 1. The lowest BCUT2D eigenvalue weighted by Crippen LogP contribution is -2.13.